The van der Waals surface area contributed by atoms with Crippen LogP contribution >= 0.6 is 11.6 Å². The Hall–Kier alpha value is -2.36. The highest BCUT2D eigenvalue weighted by molar-refractivity contribution is 8.12. The van der Waals surface area contributed by atoms with Crippen molar-refractivity contribution in [3.8, 4) is 5.75 Å². The van der Waals surface area contributed by atoms with Crippen molar-refractivity contribution in [3.63, 3.8) is 0 Å². The normalized spacial score (nSPS) is 19.8. The first-order valence-electron chi connectivity index (χ1n) is 10.2. The minimum Gasteiger partial charge on any atom is -0.604 e. The summed E-state index contributed by atoms with van der Waals surface area (Å²) in [7, 11) is 0. The van der Waals surface area contributed by atoms with Gasteiger partial charge in [-0.05, 0) is 42.7 Å². The lowest BCUT2D eigenvalue weighted by molar-refractivity contribution is -0.113. The quantitative estimate of drug-likeness (QED) is 0.449. The SMILES string of the molecule is CCC/N=C1/N(c2ccccc2C)C(=O)/C(=C\c2ccc(OC[C@H](O)CO)c(Cl)c2)[S+]1[O-]. The number of rotatable bonds is 8. The number of aliphatic hydroxyl groups excluding tert-OH is 2. The van der Waals surface area contributed by atoms with Crippen molar-refractivity contribution in [2.24, 2.45) is 4.99 Å². The summed E-state index contributed by atoms with van der Waals surface area (Å²) in [6, 6.07) is 12.2. The van der Waals surface area contributed by atoms with Crippen molar-refractivity contribution < 1.29 is 24.3 Å². The minimum atomic E-state index is -1.74. The van der Waals surface area contributed by atoms with Crippen LogP contribution in [0.3, 0.4) is 0 Å². The first-order chi connectivity index (χ1) is 15.4. The first-order valence-corrected chi connectivity index (χ1v) is 11.7. The molecule has 1 amide bonds. The van der Waals surface area contributed by atoms with Gasteiger partial charge in [0.2, 0.25) is 4.91 Å². The topological polar surface area (TPSA) is 105 Å². The Morgan fingerprint density at radius 2 is 2.06 bits per heavy atom. The van der Waals surface area contributed by atoms with Crippen LogP contribution in [0.1, 0.15) is 24.5 Å². The van der Waals surface area contributed by atoms with Crippen LogP contribution in [0.2, 0.25) is 5.02 Å². The molecular formula is C23H25ClN2O5S. The third kappa shape index (κ3) is 5.33. The molecule has 7 nitrogen and oxygen atoms in total. The molecule has 9 heteroatoms. The van der Waals surface area contributed by atoms with Gasteiger partial charge in [0.15, 0.2) is 0 Å². The number of carbonyl (C=O) groups is 1. The summed E-state index contributed by atoms with van der Waals surface area (Å²) in [4.78, 5) is 19.3. The lowest BCUT2D eigenvalue weighted by atomic mass is 10.1. The molecule has 2 aromatic rings. The average Bonchev–Trinajstić information content (AvgIpc) is 3.01. The standard InChI is InChI=1S/C23H25ClN2O5S/c1-3-10-25-23-26(19-7-5-4-6-15(19)2)22(29)21(32(23)30)12-16-8-9-20(18(24)11-16)31-14-17(28)13-27/h4-9,11-12,17,27-28H,3,10,13-14H2,1-2H3/b21-12+,25-23-/t17-,32?/m1/s1. The summed E-state index contributed by atoms with van der Waals surface area (Å²) in [5.41, 5.74) is 2.09. The van der Waals surface area contributed by atoms with Gasteiger partial charge in [-0.25, -0.2) is 9.89 Å². The van der Waals surface area contributed by atoms with Gasteiger partial charge in [-0.2, -0.15) is 0 Å². The number of amidine groups is 1. The van der Waals surface area contributed by atoms with Crippen molar-refractivity contribution in [2.75, 3.05) is 24.7 Å². The van der Waals surface area contributed by atoms with Gasteiger partial charge in [-0.15, -0.1) is 0 Å². The van der Waals surface area contributed by atoms with Gasteiger partial charge < -0.3 is 19.5 Å². The summed E-state index contributed by atoms with van der Waals surface area (Å²) in [5, 5.41) is 18.8. The van der Waals surface area contributed by atoms with Crippen LogP contribution in [0.15, 0.2) is 52.4 Å². The Balaban J connectivity index is 1.94. The number of hydrogen-bond donors (Lipinski definition) is 2. The van der Waals surface area contributed by atoms with Gasteiger partial charge in [-0.3, -0.25) is 4.79 Å². The number of aryl methyl sites for hydroxylation is 1. The number of ether oxygens (including phenoxy) is 1. The predicted molar refractivity (Wildman–Crippen MR) is 127 cm³/mol. The Bertz CT molecular complexity index is 1040. The van der Waals surface area contributed by atoms with Crippen LogP contribution in [-0.2, 0) is 16.0 Å². The lowest BCUT2D eigenvalue weighted by Crippen LogP contribution is -2.31. The van der Waals surface area contributed by atoms with E-state index in [1.54, 1.807) is 24.3 Å². The van der Waals surface area contributed by atoms with Crippen LogP contribution in [-0.4, -0.2) is 51.7 Å². The molecule has 0 spiro atoms. The van der Waals surface area contributed by atoms with Crippen LogP contribution < -0.4 is 9.64 Å². The van der Waals surface area contributed by atoms with E-state index in [9.17, 15) is 14.5 Å². The lowest BCUT2D eigenvalue weighted by Gasteiger charge is -2.15. The summed E-state index contributed by atoms with van der Waals surface area (Å²) in [6.45, 7) is 3.78. The van der Waals surface area contributed by atoms with E-state index in [2.05, 4.69) is 4.99 Å². The molecule has 1 unspecified atom stereocenters. The molecule has 0 radical (unpaired) electrons. The minimum absolute atomic E-state index is 0.109. The fraction of sp³-hybridized carbons (Fsp3) is 0.304. The number of para-hydroxylation sites is 1. The van der Waals surface area contributed by atoms with Crippen molar-refractivity contribution in [2.45, 2.75) is 26.4 Å². The van der Waals surface area contributed by atoms with Crippen molar-refractivity contribution in [3.05, 3.63) is 63.5 Å². The average molecular weight is 477 g/mol. The molecular weight excluding hydrogens is 452 g/mol. The van der Waals surface area contributed by atoms with Crippen molar-refractivity contribution in [1.29, 1.82) is 0 Å². The fourth-order valence-electron chi connectivity index (χ4n) is 3.05. The van der Waals surface area contributed by atoms with Gasteiger partial charge in [0.25, 0.3) is 0 Å². The van der Waals surface area contributed by atoms with E-state index < -0.39 is 29.8 Å². The molecule has 0 bridgehead atoms. The molecule has 1 aliphatic heterocycles. The smallest absolute Gasteiger partial charge is 0.332 e. The summed E-state index contributed by atoms with van der Waals surface area (Å²) in [6.07, 6.45) is 1.29. The number of carbonyl (C=O) groups excluding carboxylic acids is 1. The zero-order valence-electron chi connectivity index (χ0n) is 17.8. The monoisotopic (exact) mass is 476 g/mol. The molecule has 1 saturated heterocycles. The summed E-state index contributed by atoms with van der Waals surface area (Å²) >= 11 is 4.52. The van der Waals surface area contributed by atoms with Gasteiger partial charge >= 0.3 is 11.1 Å². The summed E-state index contributed by atoms with van der Waals surface area (Å²) in [5.74, 6) is -0.0677. The van der Waals surface area contributed by atoms with E-state index in [4.69, 9.17) is 21.4 Å². The molecule has 170 valence electrons. The van der Waals surface area contributed by atoms with Gasteiger partial charge in [0.05, 0.1) is 28.5 Å². The molecule has 3 rings (SSSR count). The number of benzene rings is 2. The highest BCUT2D eigenvalue weighted by Gasteiger charge is 2.47. The third-order valence-electron chi connectivity index (χ3n) is 4.69. The number of anilines is 1. The van der Waals surface area contributed by atoms with Crippen LogP contribution in [0.25, 0.3) is 6.08 Å². The van der Waals surface area contributed by atoms with Crippen molar-refractivity contribution in [1.82, 2.24) is 0 Å². The van der Waals surface area contributed by atoms with Gasteiger partial charge in [0.1, 0.15) is 18.5 Å². The maximum atomic E-state index is 13.3. The van der Waals surface area contributed by atoms with E-state index in [0.29, 0.717) is 23.5 Å². The maximum Gasteiger partial charge on any atom is 0.332 e. The van der Waals surface area contributed by atoms with E-state index >= 15 is 0 Å². The second-order valence-electron chi connectivity index (χ2n) is 7.21. The first kappa shape index (κ1) is 24.3. The largest absolute Gasteiger partial charge is 0.604 e. The van der Waals surface area contributed by atoms with Gasteiger partial charge in [-0.1, -0.05) is 42.8 Å². The predicted octanol–water partition coefficient (Wildman–Crippen LogP) is 3.28. The number of amides is 1. The van der Waals surface area contributed by atoms with Crippen LogP contribution in [0.5, 0.6) is 5.75 Å². The molecule has 1 aliphatic rings. The highest BCUT2D eigenvalue weighted by Crippen LogP contribution is 2.34. The number of hydrogen-bond acceptors (Lipinski definition) is 6. The highest BCUT2D eigenvalue weighted by atomic mass is 35.5. The second kappa shape index (κ2) is 11.0. The Morgan fingerprint density at radius 1 is 1.31 bits per heavy atom. The molecule has 1 heterocycles. The Morgan fingerprint density at radius 3 is 2.72 bits per heavy atom. The molecule has 2 aromatic carbocycles. The number of aliphatic imine (C=N–C) groups is 1. The molecule has 32 heavy (non-hydrogen) atoms. The third-order valence-corrected chi connectivity index (χ3v) is 6.32. The second-order valence-corrected chi connectivity index (χ2v) is 8.96. The molecule has 0 saturated carbocycles. The zero-order chi connectivity index (χ0) is 23.3. The van der Waals surface area contributed by atoms with E-state index in [1.165, 1.54) is 11.0 Å². The van der Waals surface area contributed by atoms with Crippen LogP contribution in [0.4, 0.5) is 5.69 Å². The van der Waals surface area contributed by atoms with E-state index in [1.807, 2.05) is 32.0 Å². The number of aliphatic hydroxyl groups is 2. The van der Waals surface area contributed by atoms with Crippen LogP contribution in [0, 0.1) is 6.92 Å². The number of halogens is 1. The molecule has 2 N–H and O–H groups in total. The number of nitrogens with zero attached hydrogens (tertiary/aromatic N) is 2. The maximum absolute atomic E-state index is 13.3. The molecule has 0 aromatic heterocycles. The summed E-state index contributed by atoms with van der Waals surface area (Å²) < 4.78 is 18.6. The Kier molecular flexibility index (Phi) is 8.33. The van der Waals surface area contributed by atoms with E-state index in [0.717, 1.165) is 12.0 Å². The van der Waals surface area contributed by atoms with Gasteiger partial charge in [0, 0.05) is 12.6 Å². The Labute approximate surface area is 195 Å². The van der Waals surface area contributed by atoms with E-state index in [-0.39, 0.29) is 21.7 Å². The molecule has 1 fully saturated rings. The zero-order valence-corrected chi connectivity index (χ0v) is 19.4. The molecule has 0 aliphatic carbocycles. The van der Waals surface area contributed by atoms with Crippen molar-refractivity contribution >= 4 is 45.6 Å². The fourth-order valence-corrected chi connectivity index (χ4v) is 4.54. The molecule has 2 atom stereocenters.